The molecule has 0 aromatic heterocycles. The van der Waals surface area contributed by atoms with Gasteiger partial charge in [-0.2, -0.15) is 0 Å². The molecule has 0 saturated carbocycles. The van der Waals surface area contributed by atoms with Gasteiger partial charge in [0.1, 0.15) is 0 Å². The van der Waals surface area contributed by atoms with Gasteiger partial charge in [0.05, 0.1) is 17.8 Å². The molecule has 1 heterocycles. The van der Waals surface area contributed by atoms with E-state index in [0.717, 1.165) is 57.6 Å². The van der Waals surface area contributed by atoms with Crippen molar-refractivity contribution in [1.82, 2.24) is 9.80 Å². The van der Waals surface area contributed by atoms with E-state index in [0.29, 0.717) is 0 Å². The Morgan fingerprint density at radius 1 is 0.793 bits per heavy atom. The van der Waals surface area contributed by atoms with E-state index in [1.807, 2.05) is 0 Å². The molecule has 0 spiro atoms. The quantitative estimate of drug-likeness (QED) is 0.467. The predicted molar refractivity (Wildman–Crippen MR) is 118 cm³/mol. The highest BCUT2D eigenvalue weighted by atomic mass is 16.4. The highest BCUT2D eigenvalue weighted by Gasteiger charge is 2.31. The van der Waals surface area contributed by atoms with Crippen LogP contribution in [0.1, 0.15) is 42.9 Å². The van der Waals surface area contributed by atoms with E-state index in [1.54, 1.807) is 0 Å². The highest BCUT2D eigenvalue weighted by Crippen LogP contribution is 2.30. The minimum Gasteiger partial charge on any atom is -0.411 e. The first-order chi connectivity index (χ1) is 14.4. The lowest BCUT2D eigenvalue weighted by Crippen LogP contribution is -2.53. The number of hydrogen-bond donors (Lipinski definition) is 1. The van der Waals surface area contributed by atoms with E-state index in [-0.39, 0.29) is 12.1 Å². The van der Waals surface area contributed by atoms with Crippen LogP contribution in [-0.4, -0.2) is 52.9 Å². The van der Waals surface area contributed by atoms with Gasteiger partial charge in [0.25, 0.3) is 0 Å². The zero-order valence-electron chi connectivity index (χ0n) is 17.0. The summed E-state index contributed by atoms with van der Waals surface area (Å²) in [6.45, 7) is 4.03. The Kier molecular flexibility index (Phi) is 6.75. The lowest BCUT2D eigenvalue weighted by atomic mass is 9.94. The molecule has 1 aliphatic heterocycles. The molecular weight excluding hydrogens is 358 g/mol. The summed E-state index contributed by atoms with van der Waals surface area (Å²) in [4.78, 5) is 5.12. The zero-order valence-corrected chi connectivity index (χ0v) is 17.0. The maximum Gasteiger partial charge on any atom is 0.0745 e. The largest absolute Gasteiger partial charge is 0.411 e. The highest BCUT2D eigenvalue weighted by molar-refractivity contribution is 5.89. The SMILES string of the molecule is O/N=C1/CCC=CCC[C@H]1N1CCN(C(c2ccccc2)c2ccccc2)CC1. The van der Waals surface area contributed by atoms with E-state index in [9.17, 15) is 5.21 Å². The predicted octanol–water partition coefficient (Wildman–Crippen LogP) is 4.72. The first kappa shape index (κ1) is 19.9. The molecule has 4 rings (SSSR count). The summed E-state index contributed by atoms with van der Waals surface area (Å²) < 4.78 is 0. The molecule has 0 unspecified atom stereocenters. The molecule has 2 aliphatic rings. The monoisotopic (exact) mass is 389 g/mol. The van der Waals surface area contributed by atoms with Gasteiger partial charge >= 0.3 is 0 Å². The van der Waals surface area contributed by atoms with Gasteiger partial charge in [-0.05, 0) is 36.8 Å². The number of oxime groups is 1. The third kappa shape index (κ3) is 4.77. The van der Waals surface area contributed by atoms with Crippen LogP contribution in [0.3, 0.4) is 0 Å². The average molecular weight is 390 g/mol. The Labute approximate surface area is 174 Å². The molecule has 0 bridgehead atoms. The molecule has 1 aliphatic carbocycles. The first-order valence-electron chi connectivity index (χ1n) is 10.8. The fourth-order valence-corrected chi connectivity index (χ4v) is 4.76. The number of benzene rings is 2. The molecule has 1 fully saturated rings. The van der Waals surface area contributed by atoms with Gasteiger partial charge in [-0.3, -0.25) is 9.80 Å². The van der Waals surface area contributed by atoms with Crippen molar-refractivity contribution in [3.8, 4) is 0 Å². The standard InChI is InChI=1S/C25H31N3O/c29-26-23-15-9-1-2-10-16-24(23)27-17-19-28(20-18-27)25(21-11-5-3-6-12-21)22-13-7-4-8-14-22/h1-8,11-14,24-25,29H,9-10,15-20H2/b2-1?,26-23-/t24-/m1/s1. The smallest absolute Gasteiger partial charge is 0.0745 e. The normalized spacial score (nSPS) is 23.2. The second kappa shape index (κ2) is 9.86. The van der Waals surface area contributed by atoms with Gasteiger partial charge in [0.15, 0.2) is 0 Å². The van der Waals surface area contributed by atoms with Crippen LogP contribution in [0.4, 0.5) is 0 Å². The van der Waals surface area contributed by atoms with Gasteiger partial charge in [-0.1, -0.05) is 78.0 Å². The molecule has 1 N–H and O–H groups in total. The van der Waals surface area contributed by atoms with Crippen LogP contribution in [0.2, 0.25) is 0 Å². The summed E-state index contributed by atoms with van der Waals surface area (Å²) in [6.07, 6.45) is 8.41. The van der Waals surface area contributed by atoms with Gasteiger partial charge in [0.2, 0.25) is 0 Å². The Balaban J connectivity index is 1.50. The first-order valence-corrected chi connectivity index (χ1v) is 10.8. The van der Waals surface area contributed by atoms with E-state index >= 15 is 0 Å². The molecular formula is C25H31N3O. The molecule has 4 heteroatoms. The summed E-state index contributed by atoms with van der Waals surface area (Å²) in [5.74, 6) is 0. The van der Waals surface area contributed by atoms with Crippen LogP contribution in [-0.2, 0) is 0 Å². The molecule has 152 valence electrons. The molecule has 2 aromatic rings. The molecule has 4 nitrogen and oxygen atoms in total. The zero-order chi connectivity index (χ0) is 19.9. The number of piperazine rings is 1. The van der Waals surface area contributed by atoms with E-state index in [2.05, 4.69) is 87.8 Å². The van der Waals surface area contributed by atoms with Gasteiger partial charge in [-0.25, -0.2) is 0 Å². The molecule has 29 heavy (non-hydrogen) atoms. The minimum absolute atomic E-state index is 0.263. The fourth-order valence-electron chi connectivity index (χ4n) is 4.76. The molecule has 0 amide bonds. The summed E-state index contributed by atoms with van der Waals surface area (Å²) >= 11 is 0. The van der Waals surface area contributed by atoms with Crippen LogP contribution in [0.15, 0.2) is 78.0 Å². The topological polar surface area (TPSA) is 39.1 Å². The van der Waals surface area contributed by atoms with E-state index in [4.69, 9.17) is 0 Å². The van der Waals surface area contributed by atoms with Gasteiger partial charge < -0.3 is 5.21 Å². The third-order valence-electron chi connectivity index (χ3n) is 6.24. The molecule has 0 radical (unpaired) electrons. The van der Waals surface area contributed by atoms with Crippen molar-refractivity contribution in [2.45, 2.75) is 37.8 Å². The van der Waals surface area contributed by atoms with Crippen molar-refractivity contribution in [2.75, 3.05) is 26.2 Å². The number of rotatable bonds is 4. The van der Waals surface area contributed by atoms with Crippen molar-refractivity contribution >= 4 is 5.71 Å². The van der Waals surface area contributed by atoms with Crippen molar-refractivity contribution < 1.29 is 5.21 Å². The van der Waals surface area contributed by atoms with Crippen molar-refractivity contribution in [2.24, 2.45) is 5.16 Å². The fraction of sp³-hybridized carbons (Fsp3) is 0.400. The Bertz CT molecular complexity index is 771. The molecule has 2 aromatic carbocycles. The Hall–Kier alpha value is -2.43. The van der Waals surface area contributed by atoms with Crippen LogP contribution >= 0.6 is 0 Å². The molecule has 1 saturated heterocycles. The van der Waals surface area contributed by atoms with Gasteiger partial charge in [-0.15, -0.1) is 0 Å². The molecule has 1 atom stereocenters. The number of nitrogens with zero attached hydrogens (tertiary/aromatic N) is 3. The Morgan fingerprint density at radius 2 is 1.38 bits per heavy atom. The maximum absolute atomic E-state index is 9.57. The lowest BCUT2D eigenvalue weighted by Gasteiger charge is -2.43. The van der Waals surface area contributed by atoms with Crippen LogP contribution in [0.5, 0.6) is 0 Å². The van der Waals surface area contributed by atoms with Crippen molar-refractivity contribution in [1.29, 1.82) is 0 Å². The van der Waals surface area contributed by atoms with Crippen molar-refractivity contribution in [3.63, 3.8) is 0 Å². The van der Waals surface area contributed by atoms with Crippen LogP contribution < -0.4 is 0 Å². The number of hydrogen-bond acceptors (Lipinski definition) is 4. The third-order valence-corrected chi connectivity index (χ3v) is 6.24. The average Bonchev–Trinajstić information content (AvgIpc) is 2.76. The number of allylic oxidation sites excluding steroid dienone is 2. The summed E-state index contributed by atoms with van der Waals surface area (Å²) in [7, 11) is 0. The summed E-state index contributed by atoms with van der Waals surface area (Å²) in [5, 5.41) is 13.3. The maximum atomic E-state index is 9.57. The summed E-state index contributed by atoms with van der Waals surface area (Å²) in [6, 6.07) is 22.2. The van der Waals surface area contributed by atoms with Crippen LogP contribution in [0.25, 0.3) is 0 Å². The van der Waals surface area contributed by atoms with Crippen LogP contribution in [0, 0.1) is 0 Å². The van der Waals surface area contributed by atoms with E-state index < -0.39 is 0 Å². The van der Waals surface area contributed by atoms with Gasteiger partial charge in [0, 0.05) is 26.2 Å². The van der Waals surface area contributed by atoms with Crippen molar-refractivity contribution in [3.05, 3.63) is 83.9 Å². The van der Waals surface area contributed by atoms with E-state index in [1.165, 1.54) is 11.1 Å². The Morgan fingerprint density at radius 3 is 1.97 bits per heavy atom. The second-order valence-corrected chi connectivity index (χ2v) is 7.99. The minimum atomic E-state index is 0.263. The lowest BCUT2D eigenvalue weighted by molar-refractivity contribution is 0.0930. The second-order valence-electron chi connectivity index (χ2n) is 7.99. The summed E-state index contributed by atoms with van der Waals surface area (Å²) in [5.41, 5.74) is 3.65.